The van der Waals surface area contributed by atoms with Crippen LogP contribution >= 0.6 is 0 Å². The Morgan fingerprint density at radius 1 is 0.611 bits per heavy atom. The Morgan fingerprint density at radius 2 is 0.889 bits per heavy atom. The number of rotatable bonds is 3. The first kappa shape index (κ1) is 17.2. The zero-order chi connectivity index (χ0) is 11.4. The Kier molecular flexibility index (Phi) is 7.90. The number of hydrogen-bond acceptors (Lipinski definition) is 2. The average Bonchev–Trinajstić information content (AvgIpc) is 2.39. The molecule has 0 saturated heterocycles. The number of hydrogen-bond donors (Lipinski definition) is 2. The third-order valence-corrected chi connectivity index (χ3v) is 2.76. The first-order valence-electron chi connectivity index (χ1n) is 5.40. The van der Waals surface area contributed by atoms with Gasteiger partial charge in [0.2, 0.25) is 0 Å². The summed E-state index contributed by atoms with van der Waals surface area (Å²) in [6.07, 6.45) is 0. The molecule has 18 heavy (non-hydrogen) atoms. The molecule has 4 heteroatoms. The van der Waals surface area contributed by atoms with Gasteiger partial charge in [0, 0.05) is 12.1 Å². The van der Waals surface area contributed by atoms with Crippen LogP contribution in [0.3, 0.4) is 0 Å². The van der Waals surface area contributed by atoms with Crippen LogP contribution in [0.1, 0.15) is 23.2 Å². The van der Waals surface area contributed by atoms with Gasteiger partial charge in [0.15, 0.2) is 0 Å². The van der Waals surface area contributed by atoms with Gasteiger partial charge in [-0.2, -0.15) is 0 Å². The molecule has 2 unspecified atom stereocenters. The van der Waals surface area contributed by atoms with Crippen molar-refractivity contribution in [2.75, 3.05) is 0 Å². The maximum Gasteiger partial charge on any atom is 2.00 e. The molecule has 2 rings (SSSR count). The predicted octanol–water partition coefficient (Wildman–Crippen LogP) is -0.612. The molecule has 0 heterocycles. The van der Waals surface area contributed by atoms with Gasteiger partial charge in [-0.25, -0.2) is 0 Å². The van der Waals surface area contributed by atoms with Crippen molar-refractivity contribution < 1.29 is 29.2 Å². The van der Waals surface area contributed by atoms with Crippen molar-refractivity contribution in [3.8, 4) is 0 Å². The molecule has 2 aromatic rings. The van der Waals surface area contributed by atoms with Crippen LogP contribution in [0.4, 0.5) is 0 Å². The maximum absolute atomic E-state index is 6.15. The van der Waals surface area contributed by atoms with Crippen molar-refractivity contribution in [2.24, 2.45) is 11.5 Å². The van der Waals surface area contributed by atoms with Gasteiger partial charge < -0.3 is 23.9 Å². The third kappa shape index (κ3) is 4.12. The van der Waals surface area contributed by atoms with E-state index in [0.29, 0.717) is 0 Å². The first-order valence-corrected chi connectivity index (χ1v) is 5.40. The minimum absolute atomic E-state index is 0. The predicted molar refractivity (Wildman–Crippen MR) is 66.7 cm³/mol. The van der Waals surface area contributed by atoms with E-state index in [-0.39, 0.29) is 41.3 Å². The van der Waals surface area contributed by atoms with Gasteiger partial charge in [-0.05, 0) is 11.1 Å². The first-order chi connectivity index (χ1) is 7.79. The summed E-state index contributed by atoms with van der Waals surface area (Å²) in [7, 11) is 0. The molecule has 0 amide bonds. The minimum atomic E-state index is -0.163. The van der Waals surface area contributed by atoms with Gasteiger partial charge >= 0.3 is 16.8 Å². The van der Waals surface area contributed by atoms with E-state index in [1.165, 1.54) is 0 Å². The van der Waals surface area contributed by atoms with E-state index in [1.807, 2.05) is 60.7 Å². The number of halogens is 1. The Labute approximate surface area is 124 Å². The van der Waals surface area contributed by atoms with Crippen molar-refractivity contribution in [3.63, 3.8) is 0 Å². The summed E-state index contributed by atoms with van der Waals surface area (Å²) in [4.78, 5) is 0. The monoisotopic (exact) mass is 306 g/mol. The van der Waals surface area contributed by atoms with Crippen LogP contribution in [-0.2, 0) is 16.8 Å². The van der Waals surface area contributed by atoms with E-state index in [2.05, 4.69) is 0 Å². The fourth-order valence-corrected chi connectivity index (χ4v) is 1.77. The standard InChI is InChI=1S/C14H16N2.ClH.Co/c15-13(11-7-3-1-4-8-11)14(16)12-9-5-2-6-10-12;;/h1-10,13-14H,15-16H2;1H;/q;;+2/p-1. The Bertz CT molecular complexity index is 393. The molecule has 0 aromatic heterocycles. The van der Waals surface area contributed by atoms with E-state index in [9.17, 15) is 0 Å². The average molecular weight is 307 g/mol. The van der Waals surface area contributed by atoms with Crippen LogP contribution in [0.2, 0.25) is 0 Å². The molecule has 0 bridgehead atoms. The molecular weight excluding hydrogens is 291 g/mol. The van der Waals surface area contributed by atoms with E-state index >= 15 is 0 Å². The normalized spacial score (nSPS) is 12.8. The Balaban J connectivity index is 0.00000144. The van der Waals surface area contributed by atoms with E-state index in [4.69, 9.17) is 11.5 Å². The summed E-state index contributed by atoms with van der Waals surface area (Å²) in [5.41, 5.74) is 14.4. The van der Waals surface area contributed by atoms with Gasteiger partial charge in [0.1, 0.15) is 0 Å². The molecule has 2 aromatic carbocycles. The zero-order valence-electron chi connectivity index (χ0n) is 9.79. The van der Waals surface area contributed by atoms with Gasteiger partial charge in [-0.3, -0.25) is 0 Å². The Hall–Kier alpha value is -0.844. The van der Waals surface area contributed by atoms with Crippen LogP contribution in [0.25, 0.3) is 0 Å². The SMILES string of the molecule is NC(c1ccccc1)C(N)c1ccccc1.[Cl-].[Co+2]. The van der Waals surface area contributed by atoms with Crippen molar-refractivity contribution in [1.29, 1.82) is 0 Å². The minimum Gasteiger partial charge on any atom is -1.00 e. The van der Waals surface area contributed by atoms with Crippen LogP contribution < -0.4 is 23.9 Å². The molecule has 2 nitrogen and oxygen atoms in total. The summed E-state index contributed by atoms with van der Waals surface area (Å²) < 4.78 is 0. The van der Waals surface area contributed by atoms with Crippen molar-refractivity contribution in [1.82, 2.24) is 0 Å². The van der Waals surface area contributed by atoms with Crippen LogP contribution in [0.5, 0.6) is 0 Å². The molecule has 0 saturated carbocycles. The van der Waals surface area contributed by atoms with Gasteiger partial charge in [-0.1, -0.05) is 60.7 Å². The van der Waals surface area contributed by atoms with Crippen LogP contribution in [-0.4, -0.2) is 0 Å². The van der Waals surface area contributed by atoms with Gasteiger partial charge in [0.25, 0.3) is 0 Å². The molecular formula is C14H16ClCoN2+. The van der Waals surface area contributed by atoms with Crippen LogP contribution in [0.15, 0.2) is 60.7 Å². The van der Waals surface area contributed by atoms with Crippen LogP contribution in [0, 0.1) is 0 Å². The van der Waals surface area contributed by atoms with Crippen molar-refractivity contribution in [2.45, 2.75) is 12.1 Å². The zero-order valence-corrected chi connectivity index (χ0v) is 11.6. The molecule has 0 fully saturated rings. The largest absolute Gasteiger partial charge is 2.00 e. The summed E-state index contributed by atoms with van der Waals surface area (Å²) in [6, 6.07) is 19.6. The second-order valence-corrected chi connectivity index (χ2v) is 3.87. The van der Waals surface area contributed by atoms with E-state index < -0.39 is 0 Å². The summed E-state index contributed by atoms with van der Waals surface area (Å²) in [5, 5.41) is 0. The van der Waals surface area contributed by atoms with Crippen molar-refractivity contribution >= 4 is 0 Å². The fourth-order valence-electron chi connectivity index (χ4n) is 1.77. The molecule has 0 spiro atoms. The van der Waals surface area contributed by atoms with Gasteiger partial charge in [0.05, 0.1) is 0 Å². The molecule has 1 radical (unpaired) electrons. The molecule has 97 valence electrons. The molecule has 0 aliphatic rings. The third-order valence-electron chi connectivity index (χ3n) is 2.76. The quantitative estimate of drug-likeness (QED) is 0.795. The molecule has 0 aliphatic carbocycles. The summed E-state index contributed by atoms with van der Waals surface area (Å²) >= 11 is 0. The smallest absolute Gasteiger partial charge is 1.00 e. The second kappa shape index (κ2) is 8.29. The van der Waals surface area contributed by atoms with E-state index in [0.717, 1.165) is 11.1 Å². The topological polar surface area (TPSA) is 52.0 Å². The van der Waals surface area contributed by atoms with E-state index in [1.54, 1.807) is 0 Å². The number of benzene rings is 2. The molecule has 0 aliphatic heterocycles. The number of nitrogens with two attached hydrogens (primary N) is 2. The van der Waals surface area contributed by atoms with Crippen molar-refractivity contribution in [3.05, 3.63) is 71.8 Å². The summed E-state index contributed by atoms with van der Waals surface area (Å²) in [5.74, 6) is 0. The second-order valence-electron chi connectivity index (χ2n) is 3.87. The summed E-state index contributed by atoms with van der Waals surface area (Å²) in [6.45, 7) is 0. The van der Waals surface area contributed by atoms with Gasteiger partial charge in [-0.15, -0.1) is 0 Å². The Morgan fingerprint density at radius 3 is 1.17 bits per heavy atom. The molecule has 2 atom stereocenters. The molecule has 4 N–H and O–H groups in total. The maximum atomic E-state index is 6.15. The fraction of sp³-hybridized carbons (Fsp3) is 0.143.